The van der Waals surface area contributed by atoms with Gasteiger partial charge in [-0.3, -0.25) is 24.6 Å². The molecular formula is C21H14N2O4S. The second-order valence-electron chi connectivity index (χ2n) is 6.26. The second-order valence-corrected chi connectivity index (χ2v) is 7.25. The van der Waals surface area contributed by atoms with Crippen LogP contribution >= 0.6 is 11.8 Å². The Hall–Kier alpha value is -3.45. The van der Waals surface area contributed by atoms with Crippen molar-refractivity contribution in [3.63, 3.8) is 0 Å². The van der Waals surface area contributed by atoms with Crippen LogP contribution in [0.15, 0.2) is 71.6 Å². The van der Waals surface area contributed by atoms with Gasteiger partial charge in [0.25, 0.3) is 16.8 Å². The van der Waals surface area contributed by atoms with E-state index < -0.39 is 10.8 Å². The second kappa shape index (κ2) is 7.28. The van der Waals surface area contributed by atoms with E-state index in [4.69, 9.17) is 0 Å². The number of nitro groups is 1. The molecule has 3 aromatic rings. The summed E-state index contributed by atoms with van der Waals surface area (Å²) >= 11 is 0.844. The van der Waals surface area contributed by atoms with Gasteiger partial charge in [0.15, 0.2) is 0 Å². The molecule has 1 aliphatic rings. The van der Waals surface area contributed by atoms with Gasteiger partial charge in [0, 0.05) is 12.1 Å². The number of nitro benzene ring substituents is 1. The van der Waals surface area contributed by atoms with Crippen LogP contribution < -0.4 is 0 Å². The molecule has 6 nitrogen and oxygen atoms in total. The van der Waals surface area contributed by atoms with E-state index in [1.54, 1.807) is 12.1 Å². The summed E-state index contributed by atoms with van der Waals surface area (Å²) in [5, 5.41) is 12.6. The third-order valence-corrected chi connectivity index (χ3v) is 5.37. The fourth-order valence-corrected chi connectivity index (χ4v) is 3.95. The number of thioether (sulfide) groups is 1. The maximum atomic E-state index is 12.8. The molecule has 3 aromatic carbocycles. The number of carbonyl (C=O) groups excluding carboxylic acids is 2. The molecule has 1 aliphatic heterocycles. The highest BCUT2D eigenvalue weighted by molar-refractivity contribution is 8.18. The van der Waals surface area contributed by atoms with E-state index in [0.29, 0.717) is 5.56 Å². The predicted octanol–water partition coefficient (Wildman–Crippen LogP) is 4.98. The smallest absolute Gasteiger partial charge is 0.268 e. The average molecular weight is 390 g/mol. The molecule has 0 atom stereocenters. The quantitative estimate of drug-likeness (QED) is 0.356. The molecule has 1 fully saturated rings. The van der Waals surface area contributed by atoms with Gasteiger partial charge in [0.05, 0.1) is 16.4 Å². The lowest BCUT2D eigenvalue weighted by Crippen LogP contribution is -2.27. The number of imide groups is 1. The van der Waals surface area contributed by atoms with Crippen molar-refractivity contribution in [2.45, 2.75) is 6.54 Å². The summed E-state index contributed by atoms with van der Waals surface area (Å²) < 4.78 is 0. The minimum absolute atomic E-state index is 0.0660. The third-order valence-electron chi connectivity index (χ3n) is 4.46. The number of fused-ring (bicyclic) bond motifs is 1. The summed E-state index contributed by atoms with van der Waals surface area (Å²) in [6, 6.07) is 19.5. The molecule has 0 saturated carbocycles. The molecule has 2 amide bonds. The van der Waals surface area contributed by atoms with Crippen LogP contribution in [0, 0.1) is 10.1 Å². The van der Waals surface area contributed by atoms with Crippen molar-refractivity contribution >= 4 is 45.4 Å². The Bertz CT molecular complexity index is 1150. The van der Waals surface area contributed by atoms with Crippen molar-refractivity contribution in [2.24, 2.45) is 0 Å². The Morgan fingerprint density at radius 1 is 1.00 bits per heavy atom. The summed E-state index contributed by atoms with van der Waals surface area (Å²) in [7, 11) is 0. The van der Waals surface area contributed by atoms with E-state index in [2.05, 4.69) is 0 Å². The Kier molecular flexibility index (Phi) is 4.67. The number of nitrogens with zero attached hydrogens (tertiary/aromatic N) is 2. The molecule has 7 heteroatoms. The average Bonchev–Trinajstić information content (AvgIpc) is 2.96. The monoisotopic (exact) mass is 390 g/mol. The molecule has 0 bridgehead atoms. The molecular weight excluding hydrogens is 376 g/mol. The summed E-state index contributed by atoms with van der Waals surface area (Å²) in [4.78, 5) is 37.1. The van der Waals surface area contributed by atoms with Gasteiger partial charge in [-0.2, -0.15) is 0 Å². The van der Waals surface area contributed by atoms with Gasteiger partial charge in [-0.15, -0.1) is 0 Å². The van der Waals surface area contributed by atoms with Crippen LogP contribution in [-0.4, -0.2) is 21.0 Å². The normalized spacial score (nSPS) is 15.6. The van der Waals surface area contributed by atoms with Gasteiger partial charge < -0.3 is 0 Å². The Morgan fingerprint density at radius 3 is 2.57 bits per heavy atom. The zero-order valence-electron chi connectivity index (χ0n) is 14.6. The summed E-state index contributed by atoms with van der Waals surface area (Å²) in [6.07, 6.45) is 1.51. The van der Waals surface area contributed by atoms with Gasteiger partial charge in [-0.25, -0.2) is 0 Å². The van der Waals surface area contributed by atoms with E-state index in [-0.39, 0.29) is 22.4 Å². The van der Waals surface area contributed by atoms with Crippen LogP contribution in [0.2, 0.25) is 0 Å². The van der Waals surface area contributed by atoms with Crippen molar-refractivity contribution in [1.29, 1.82) is 0 Å². The highest BCUT2D eigenvalue weighted by Gasteiger charge is 2.35. The zero-order chi connectivity index (χ0) is 19.7. The molecule has 0 aromatic heterocycles. The number of non-ortho nitro benzene ring substituents is 1. The molecule has 0 unspecified atom stereocenters. The first-order valence-electron chi connectivity index (χ1n) is 8.49. The number of rotatable bonds is 4. The zero-order valence-corrected chi connectivity index (χ0v) is 15.4. The van der Waals surface area contributed by atoms with Gasteiger partial charge >= 0.3 is 0 Å². The number of hydrogen-bond donors (Lipinski definition) is 0. The first-order chi connectivity index (χ1) is 13.5. The predicted molar refractivity (Wildman–Crippen MR) is 109 cm³/mol. The van der Waals surface area contributed by atoms with E-state index in [0.717, 1.165) is 28.1 Å². The number of carbonyl (C=O) groups is 2. The number of hydrogen-bond acceptors (Lipinski definition) is 5. The highest BCUT2D eigenvalue weighted by atomic mass is 32.2. The number of amides is 2. The fraction of sp³-hybridized carbons (Fsp3) is 0.0476. The van der Waals surface area contributed by atoms with Crippen LogP contribution in [0.4, 0.5) is 10.5 Å². The van der Waals surface area contributed by atoms with E-state index in [1.807, 2.05) is 42.5 Å². The molecule has 1 saturated heterocycles. The van der Waals surface area contributed by atoms with Crippen LogP contribution in [0.1, 0.15) is 11.1 Å². The summed E-state index contributed by atoms with van der Waals surface area (Å²) in [5.41, 5.74) is 1.32. The van der Waals surface area contributed by atoms with Gasteiger partial charge in [0.2, 0.25) is 0 Å². The maximum Gasteiger partial charge on any atom is 0.293 e. The van der Waals surface area contributed by atoms with Gasteiger partial charge in [0.1, 0.15) is 0 Å². The van der Waals surface area contributed by atoms with Crippen LogP contribution in [0.3, 0.4) is 0 Å². The Balaban J connectivity index is 1.62. The molecule has 0 radical (unpaired) electrons. The largest absolute Gasteiger partial charge is 0.293 e. The molecule has 138 valence electrons. The Labute approximate surface area is 164 Å². The SMILES string of the molecule is O=C1SC(=Cc2cccc([N+](=O)[O-])c2)C(=O)N1Cc1cccc2ccccc12. The Morgan fingerprint density at radius 2 is 1.75 bits per heavy atom. The van der Waals surface area contributed by atoms with E-state index >= 15 is 0 Å². The van der Waals surface area contributed by atoms with Crippen LogP contribution in [0.5, 0.6) is 0 Å². The van der Waals surface area contributed by atoms with Gasteiger partial charge in [-0.05, 0) is 39.7 Å². The maximum absolute atomic E-state index is 12.8. The van der Waals surface area contributed by atoms with E-state index in [1.165, 1.54) is 23.1 Å². The molecule has 0 aliphatic carbocycles. The minimum atomic E-state index is -0.496. The minimum Gasteiger partial charge on any atom is -0.268 e. The van der Waals surface area contributed by atoms with Crippen molar-refractivity contribution < 1.29 is 14.5 Å². The lowest BCUT2D eigenvalue weighted by Gasteiger charge is -2.14. The van der Waals surface area contributed by atoms with E-state index in [9.17, 15) is 19.7 Å². The molecule has 28 heavy (non-hydrogen) atoms. The summed E-state index contributed by atoms with van der Waals surface area (Å²) in [6.45, 7) is 0.179. The molecule has 0 spiro atoms. The number of benzene rings is 3. The molecule has 0 N–H and O–H groups in total. The van der Waals surface area contributed by atoms with Crippen molar-refractivity contribution in [3.05, 3.63) is 92.9 Å². The van der Waals surface area contributed by atoms with Crippen molar-refractivity contribution in [3.8, 4) is 0 Å². The van der Waals surface area contributed by atoms with Crippen molar-refractivity contribution in [1.82, 2.24) is 4.90 Å². The lowest BCUT2D eigenvalue weighted by molar-refractivity contribution is -0.384. The standard InChI is InChI=1S/C21H14N2O4S/c24-20-19(12-14-5-3-9-17(11-14)23(26)27)28-21(25)22(20)13-16-8-4-7-15-6-1-2-10-18(15)16/h1-12H,13H2. The molecule has 1 heterocycles. The van der Waals surface area contributed by atoms with Crippen LogP contribution in [-0.2, 0) is 11.3 Å². The third kappa shape index (κ3) is 3.39. The highest BCUT2D eigenvalue weighted by Crippen LogP contribution is 2.34. The lowest BCUT2D eigenvalue weighted by atomic mass is 10.0. The first kappa shape index (κ1) is 17.9. The first-order valence-corrected chi connectivity index (χ1v) is 9.31. The van der Waals surface area contributed by atoms with Gasteiger partial charge in [-0.1, -0.05) is 54.6 Å². The molecule has 4 rings (SSSR count). The van der Waals surface area contributed by atoms with Crippen molar-refractivity contribution in [2.75, 3.05) is 0 Å². The van der Waals surface area contributed by atoms with Crippen LogP contribution in [0.25, 0.3) is 16.8 Å². The topological polar surface area (TPSA) is 80.5 Å². The fourth-order valence-electron chi connectivity index (χ4n) is 3.12. The summed E-state index contributed by atoms with van der Waals surface area (Å²) in [5.74, 6) is -0.394.